The molecule has 14 heavy (non-hydrogen) atoms. The van der Waals surface area contributed by atoms with Crippen LogP contribution < -0.4 is 5.32 Å². The van der Waals surface area contributed by atoms with Gasteiger partial charge in [0.05, 0.1) is 12.7 Å². The maximum Gasteiger partial charge on any atom is 0.0895 e. The second-order valence-corrected chi connectivity index (χ2v) is 4.73. The lowest BCUT2D eigenvalue weighted by molar-refractivity contribution is 0.0925. The van der Waals surface area contributed by atoms with Crippen LogP contribution in [0.15, 0.2) is 12.1 Å². The Morgan fingerprint density at radius 3 is 2.71 bits per heavy atom. The SMILES string of the molecule is Cc1ccc(C(C)NC[C@H](O)CO)s1. The van der Waals surface area contributed by atoms with Gasteiger partial charge in [-0.25, -0.2) is 0 Å². The smallest absolute Gasteiger partial charge is 0.0895 e. The highest BCUT2D eigenvalue weighted by atomic mass is 32.1. The van der Waals surface area contributed by atoms with Crippen LogP contribution in [0.4, 0.5) is 0 Å². The zero-order chi connectivity index (χ0) is 10.6. The van der Waals surface area contributed by atoms with Crippen LogP contribution in [-0.2, 0) is 0 Å². The fraction of sp³-hybridized carbons (Fsp3) is 0.600. The van der Waals surface area contributed by atoms with E-state index in [0.717, 1.165) is 0 Å². The molecule has 0 spiro atoms. The van der Waals surface area contributed by atoms with Crippen LogP contribution >= 0.6 is 11.3 Å². The Morgan fingerprint density at radius 1 is 1.50 bits per heavy atom. The average Bonchev–Trinajstić information content (AvgIpc) is 2.60. The molecule has 0 aromatic carbocycles. The Kier molecular flexibility index (Phi) is 4.54. The molecule has 0 saturated carbocycles. The van der Waals surface area contributed by atoms with Crippen molar-refractivity contribution in [2.24, 2.45) is 0 Å². The van der Waals surface area contributed by atoms with Crippen LogP contribution in [0.1, 0.15) is 22.7 Å². The van der Waals surface area contributed by atoms with Gasteiger partial charge in [-0.1, -0.05) is 0 Å². The van der Waals surface area contributed by atoms with Gasteiger partial charge in [0, 0.05) is 22.3 Å². The van der Waals surface area contributed by atoms with Crippen molar-refractivity contribution in [3.8, 4) is 0 Å². The van der Waals surface area contributed by atoms with Crippen molar-refractivity contribution in [2.75, 3.05) is 13.2 Å². The molecule has 0 amide bonds. The third-order valence-corrected chi connectivity index (χ3v) is 3.24. The number of thiophene rings is 1. The first-order valence-electron chi connectivity index (χ1n) is 4.72. The zero-order valence-corrected chi connectivity index (χ0v) is 9.34. The number of aliphatic hydroxyl groups is 2. The molecule has 0 fully saturated rings. The second kappa shape index (κ2) is 5.46. The lowest BCUT2D eigenvalue weighted by Gasteiger charge is -2.14. The van der Waals surface area contributed by atoms with Gasteiger partial charge in [-0.2, -0.15) is 0 Å². The molecule has 0 saturated heterocycles. The van der Waals surface area contributed by atoms with Crippen LogP contribution in [-0.4, -0.2) is 29.5 Å². The van der Waals surface area contributed by atoms with Gasteiger partial charge in [0.25, 0.3) is 0 Å². The van der Waals surface area contributed by atoms with Crippen LogP contribution in [0.5, 0.6) is 0 Å². The predicted octanol–water partition coefficient (Wildman–Crippen LogP) is 1.06. The fourth-order valence-electron chi connectivity index (χ4n) is 1.16. The van der Waals surface area contributed by atoms with Crippen molar-refractivity contribution in [1.82, 2.24) is 5.32 Å². The van der Waals surface area contributed by atoms with Gasteiger partial charge in [-0.15, -0.1) is 11.3 Å². The van der Waals surface area contributed by atoms with E-state index in [1.54, 1.807) is 11.3 Å². The number of rotatable bonds is 5. The summed E-state index contributed by atoms with van der Waals surface area (Å²) >= 11 is 1.75. The van der Waals surface area contributed by atoms with Crippen molar-refractivity contribution in [3.05, 3.63) is 21.9 Å². The Balaban J connectivity index is 2.39. The number of aliphatic hydroxyl groups excluding tert-OH is 2. The fourth-order valence-corrected chi connectivity index (χ4v) is 2.07. The molecule has 80 valence electrons. The first-order valence-corrected chi connectivity index (χ1v) is 5.53. The lowest BCUT2D eigenvalue weighted by atomic mass is 10.2. The van der Waals surface area contributed by atoms with Crippen molar-refractivity contribution in [3.63, 3.8) is 0 Å². The summed E-state index contributed by atoms with van der Waals surface area (Å²) in [7, 11) is 0. The highest BCUT2D eigenvalue weighted by Crippen LogP contribution is 2.21. The Labute approximate surface area is 88.4 Å². The van der Waals surface area contributed by atoms with Gasteiger partial charge < -0.3 is 15.5 Å². The third-order valence-electron chi connectivity index (χ3n) is 2.06. The average molecular weight is 215 g/mol. The number of hydrogen-bond donors (Lipinski definition) is 3. The molecule has 1 heterocycles. The van der Waals surface area contributed by atoms with Crippen LogP contribution in [0, 0.1) is 6.92 Å². The van der Waals surface area contributed by atoms with Crippen LogP contribution in [0.3, 0.4) is 0 Å². The summed E-state index contributed by atoms with van der Waals surface area (Å²) in [4.78, 5) is 2.55. The molecule has 1 rings (SSSR count). The zero-order valence-electron chi connectivity index (χ0n) is 8.53. The summed E-state index contributed by atoms with van der Waals surface area (Å²) < 4.78 is 0. The predicted molar refractivity (Wildman–Crippen MR) is 58.6 cm³/mol. The van der Waals surface area contributed by atoms with E-state index in [9.17, 15) is 0 Å². The summed E-state index contributed by atoms with van der Waals surface area (Å²) in [6, 6.07) is 4.40. The van der Waals surface area contributed by atoms with Crippen molar-refractivity contribution in [1.29, 1.82) is 0 Å². The number of hydrogen-bond acceptors (Lipinski definition) is 4. The van der Waals surface area contributed by atoms with E-state index in [2.05, 4.69) is 31.3 Å². The topological polar surface area (TPSA) is 52.5 Å². The number of aryl methyl sites for hydroxylation is 1. The van der Waals surface area contributed by atoms with E-state index in [1.807, 2.05) is 0 Å². The lowest BCUT2D eigenvalue weighted by Crippen LogP contribution is -2.30. The molecule has 0 aliphatic carbocycles. The van der Waals surface area contributed by atoms with E-state index in [1.165, 1.54) is 9.75 Å². The van der Waals surface area contributed by atoms with Crippen molar-refractivity contribution in [2.45, 2.75) is 26.0 Å². The molecule has 0 aliphatic heterocycles. The number of nitrogens with one attached hydrogen (secondary N) is 1. The molecule has 3 nitrogen and oxygen atoms in total. The van der Waals surface area contributed by atoms with Crippen LogP contribution in [0.25, 0.3) is 0 Å². The van der Waals surface area contributed by atoms with Gasteiger partial charge in [-0.3, -0.25) is 0 Å². The third kappa shape index (κ3) is 3.38. The van der Waals surface area contributed by atoms with Crippen LogP contribution in [0.2, 0.25) is 0 Å². The van der Waals surface area contributed by atoms with Crippen molar-refractivity contribution < 1.29 is 10.2 Å². The maximum atomic E-state index is 9.15. The normalized spacial score (nSPS) is 15.4. The van der Waals surface area contributed by atoms with E-state index < -0.39 is 6.10 Å². The van der Waals surface area contributed by atoms with Gasteiger partial charge in [-0.05, 0) is 26.0 Å². The molecule has 1 aromatic heterocycles. The second-order valence-electron chi connectivity index (χ2n) is 3.41. The molecule has 3 N–H and O–H groups in total. The molecular weight excluding hydrogens is 198 g/mol. The van der Waals surface area contributed by atoms with E-state index in [0.29, 0.717) is 6.54 Å². The molecule has 1 unspecified atom stereocenters. The first-order chi connectivity index (χ1) is 6.63. The highest BCUT2D eigenvalue weighted by Gasteiger charge is 2.09. The molecule has 2 atom stereocenters. The monoisotopic (exact) mass is 215 g/mol. The summed E-state index contributed by atoms with van der Waals surface area (Å²) in [5, 5.41) is 20.9. The molecule has 0 radical (unpaired) electrons. The van der Waals surface area contributed by atoms with Gasteiger partial charge in [0.1, 0.15) is 0 Å². The summed E-state index contributed by atoms with van der Waals surface area (Å²) in [6.45, 7) is 4.36. The van der Waals surface area contributed by atoms with E-state index in [-0.39, 0.29) is 12.6 Å². The molecule has 0 bridgehead atoms. The summed E-state index contributed by atoms with van der Waals surface area (Å²) in [6.07, 6.45) is -0.668. The molecule has 1 aromatic rings. The summed E-state index contributed by atoms with van der Waals surface area (Å²) in [5.74, 6) is 0. The van der Waals surface area contributed by atoms with Gasteiger partial charge in [0.15, 0.2) is 0 Å². The Morgan fingerprint density at radius 2 is 2.21 bits per heavy atom. The molecular formula is C10H17NO2S. The molecule has 0 aliphatic rings. The Hall–Kier alpha value is -0.420. The standard InChI is InChI=1S/C10H17NO2S/c1-7-3-4-10(14-7)8(2)11-5-9(13)6-12/h3-4,8-9,11-13H,5-6H2,1-2H3/t8?,9-/m0/s1. The summed E-state index contributed by atoms with van der Waals surface area (Å²) in [5.41, 5.74) is 0. The maximum absolute atomic E-state index is 9.15. The minimum atomic E-state index is -0.668. The largest absolute Gasteiger partial charge is 0.394 e. The molecule has 4 heteroatoms. The quantitative estimate of drug-likeness (QED) is 0.688. The van der Waals surface area contributed by atoms with Crippen molar-refractivity contribution >= 4 is 11.3 Å². The minimum absolute atomic E-state index is 0.191. The van der Waals surface area contributed by atoms with Gasteiger partial charge >= 0.3 is 0 Å². The minimum Gasteiger partial charge on any atom is -0.394 e. The van der Waals surface area contributed by atoms with E-state index >= 15 is 0 Å². The Bertz CT molecular complexity index is 275. The van der Waals surface area contributed by atoms with Gasteiger partial charge in [0.2, 0.25) is 0 Å². The van der Waals surface area contributed by atoms with E-state index in [4.69, 9.17) is 10.2 Å². The highest BCUT2D eigenvalue weighted by molar-refractivity contribution is 7.12. The first kappa shape index (κ1) is 11.7.